The molecule has 3 nitrogen and oxygen atoms in total. The molecule has 1 fully saturated rings. The van der Waals surface area contributed by atoms with E-state index in [2.05, 4.69) is 4.90 Å². The van der Waals surface area contributed by atoms with Crippen LogP contribution in [0.1, 0.15) is 29.6 Å². The lowest BCUT2D eigenvalue weighted by atomic mass is 9.95. The Morgan fingerprint density at radius 2 is 2.24 bits per heavy atom. The van der Waals surface area contributed by atoms with Crippen LogP contribution in [-0.4, -0.2) is 37.4 Å². The average Bonchev–Trinajstić information content (AvgIpc) is 2.38. The van der Waals surface area contributed by atoms with E-state index in [1.807, 2.05) is 31.3 Å². The second kappa shape index (κ2) is 5.32. The normalized spacial score (nSPS) is 21.2. The van der Waals surface area contributed by atoms with Gasteiger partial charge < -0.3 is 4.74 Å². The van der Waals surface area contributed by atoms with Crippen molar-refractivity contribution < 1.29 is 9.53 Å². The van der Waals surface area contributed by atoms with Gasteiger partial charge in [-0.1, -0.05) is 18.6 Å². The van der Waals surface area contributed by atoms with E-state index >= 15 is 0 Å². The molecular weight excluding hydrogens is 214 g/mol. The lowest BCUT2D eigenvalue weighted by Gasteiger charge is -2.31. The van der Waals surface area contributed by atoms with Gasteiger partial charge in [-0.25, -0.2) is 0 Å². The molecule has 1 aromatic rings. The standard InChI is InChI=1S/C14H19NO2/c1-15-9-4-3-8-13(15)14(16)11-6-5-7-12(10-11)17-2/h5-7,10,13H,3-4,8-9H2,1-2H3. The SMILES string of the molecule is COc1cccc(C(=O)C2CCCCN2C)c1. The quantitative estimate of drug-likeness (QED) is 0.751. The third kappa shape index (κ3) is 2.67. The number of piperidine rings is 1. The molecule has 92 valence electrons. The molecule has 0 aliphatic carbocycles. The number of hydrogen-bond donors (Lipinski definition) is 0. The highest BCUT2D eigenvalue weighted by atomic mass is 16.5. The average molecular weight is 233 g/mol. The van der Waals surface area contributed by atoms with Crippen LogP contribution in [0.3, 0.4) is 0 Å². The number of nitrogens with zero attached hydrogens (tertiary/aromatic N) is 1. The first-order valence-electron chi connectivity index (χ1n) is 6.11. The third-order valence-corrected chi connectivity index (χ3v) is 3.43. The van der Waals surface area contributed by atoms with Crippen molar-refractivity contribution in [2.45, 2.75) is 25.3 Å². The summed E-state index contributed by atoms with van der Waals surface area (Å²) >= 11 is 0. The van der Waals surface area contributed by atoms with Crippen LogP contribution < -0.4 is 4.74 Å². The molecule has 1 aromatic carbocycles. The lowest BCUT2D eigenvalue weighted by molar-refractivity contribution is 0.0798. The molecule has 1 saturated heterocycles. The first kappa shape index (κ1) is 12.1. The van der Waals surface area contributed by atoms with Crippen molar-refractivity contribution in [1.82, 2.24) is 4.90 Å². The topological polar surface area (TPSA) is 29.5 Å². The van der Waals surface area contributed by atoms with Crippen LogP contribution in [-0.2, 0) is 0 Å². The van der Waals surface area contributed by atoms with E-state index in [4.69, 9.17) is 4.74 Å². The summed E-state index contributed by atoms with van der Waals surface area (Å²) in [6.45, 7) is 1.01. The molecule has 1 atom stereocenters. The highest BCUT2D eigenvalue weighted by molar-refractivity contribution is 6.00. The Balaban J connectivity index is 2.17. The highest BCUT2D eigenvalue weighted by Crippen LogP contribution is 2.21. The third-order valence-electron chi connectivity index (χ3n) is 3.43. The second-order valence-corrected chi connectivity index (χ2v) is 4.59. The van der Waals surface area contributed by atoms with Crippen LogP contribution >= 0.6 is 0 Å². The zero-order chi connectivity index (χ0) is 12.3. The summed E-state index contributed by atoms with van der Waals surface area (Å²) in [4.78, 5) is 14.5. The van der Waals surface area contributed by atoms with Crippen LogP contribution in [0.5, 0.6) is 5.75 Å². The smallest absolute Gasteiger partial charge is 0.180 e. The van der Waals surface area contributed by atoms with Gasteiger partial charge in [0.1, 0.15) is 5.75 Å². The minimum atomic E-state index is 0.0378. The minimum absolute atomic E-state index is 0.0378. The van der Waals surface area contributed by atoms with Gasteiger partial charge in [-0.3, -0.25) is 9.69 Å². The van der Waals surface area contributed by atoms with Crippen molar-refractivity contribution in [3.8, 4) is 5.75 Å². The molecule has 0 saturated carbocycles. The molecule has 1 unspecified atom stereocenters. The van der Waals surface area contributed by atoms with E-state index in [9.17, 15) is 4.79 Å². The molecule has 1 aliphatic heterocycles. The summed E-state index contributed by atoms with van der Waals surface area (Å²) in [5.74, 6) is 0.959. The predicted molar refractivity (Wildman–Crippen MR) is 67.6 cm³/mol. The number of likely N-dealkylation sites (tertiary alicyclic amines) is 1. The number of benzene rings is 1. The Morgan fingerprint density at radius 1 is 1.41 bits per heavy atom. The van der Waals surface area contributed by atoms with Gasteiger partial charge in [0, 0.05) is 5.56 Å². The maximum absolute atomic E-state index is 12.4. The van der Waals surface area contributed by atoms with Crippen LogP contribution in [0, 0.1) is 0 Å². The first-order chi connectivity index (χ1) is 8.22. The largest absolute Gasteiger partial charge is 0.497 e. The molecule has 0 bridgehead atoms. The number of carbonyl (C=O) groups is 1. The van der Waals surface area contributed by atoms with E-state index < -0.39 is 0 Å². The minimum Gasteiger partial charge on any atom is -0.497 e. The van der Waals surface area contributed by atoms with E-state index in [-0.39, 0.29) is 11.8 Å². The number of likely N-dealkylation sites (N-methyl/N-ethyl adjacent to an activating group) is 1. The molecule has 1 heterocycles. The number of ether oxygens (including phenoxy) is 1. The maximum atomic E-state index is 12.4. The molecule has 3 heteroatoms. The second-order valence-electron chi connectivity index (χ2n) is 4.59. The summed E-state index contributed by atoms with van der Waals surface area (Å²) in [6, 6.07) is 7.46. The molecule has 0 aromatic heterocycles. The highest BCUT2D eigenvalue weighted by Gasteiger charge is 2.26. The summed E-state index contributed by atoms with van der Waals surface area (Å²) in [5, 5.41) is 0. The Labute approximate surface area is 102 Å². The number of carbonyl (C=O) groups excluding carboxylic acids is 1. The fraction of sp³-hybridized carbons (Fsp3) is 0.500. The zero-order valence-electron chi connectivity index (χ0n) is 10.5. The van der Waals surface area contributed by atoms with Gasteiger partial charge in [-0.05, 0) is 38.6 Å². The van der Waals surface area contributed by atoms with Crippen LogP contribution in [0.25, 0.3) is 0 Å². The van der Waals surface area contributed by atoms with Gasteiger partial charge >= 0.3 is 0 Å². The molecule has 0 amide bonds. The predicted octanol–water partition coefficient (Wildman–Crippen LogP) is 2.36. The lowest BCUT2D eigenvalue weighted by Crippen LogP contribution is -2.41. The molecule has 1 aliphatic rings. The Kier molecular flexibility index (Phi) is 3.79. The fourth-order valence-corrected chi connectivity index (χ4v) is 2.38. The summed E-state index contributed by atoms with van der Waals surface area (Å²) in [5.41, 5.74) is 0.753. The van der Waals surface area contributed by atoms with Gasteiger partial charge in [0.25, 0.3) is 0 Å². The van der Waals surface area contributed by atoms with E-state index in [0.29, 0.717) is 0 Å². The number of ketones is 1. The number of Topliss-reactive ketones (excluding diaryl/α,β-unsaturated/α-hetero) is 1. The van der Waals surface area contributed by atoms with Gasteiger partial charge in [0.2, 0.25) is 0 Å². The van der Waals surface area contributed by atoms with Crippen molar-refractivity contribution in [2.24, 2.45) is 0 Å². The van der Waals surface area contributed by atoms with Gasteiger partial charge in [-0.2, -0.15) is 0 Å². The van der Waals surface area contributed by atoms with Gasteiger partial charge in [0.05, 0.1) is 13.2 Å². The van der Waals surface area contributed by atoms with Crippen LogP contribution in [0.2, 0.25) is 0 Å². The number of hydrogen-bond acceptors (Lipinski definition) is 3. The number of methoxy groups -OCH3 is 1. The van der Waals surface area contributed by atoms with Crippen LogP contribution in [0.15, 0.2) is 24.3 Å². The van der Waals surface area contributed by atoms with Gasteiger partial charge in [-0.15, -0.1) is 0 Å². The molecular formula is C14H19NO2. The fourth-order valence-electron chi connectivity index (χ4n) is 2.38. The van der Waals surface area contributed by atoms with Crippen molar-refractivity contribution >= 4 is 5.78 Å². The Bertz CT molecular complexity index is 403. The monoisotopic (exact) mass is 233 g/mol. The van der Waals surface area contributed by atoms with Gasteiger partial charge in [0.15, 0.2) is 5.78 Å². The molecule has 0 N–H and O–H groups in total. The summed E-state index contributed by atoms with van der Waals surface area (Å²) in [6.07, 6.45) is 3.30. The van der Waals surface area contributed by atoms with E-state index in [1.165, 1.54) is 6.42 Å². The van der Waals surface area contributed by atoms with E-state index in [0.717, 1.165) is 30.7 Å². The Morgan fingerprint density at radius 3 is 2.94 bits per heavy atom. The maximum Gasteiger partial charge on any atom is 0.180 e. The van der Waals surface area contributed by atoms with E-state index in [1.54, 1.807) is 7.11 Å². The van der Waals surface area contributed by atoms with Crippen molar-refractivity contribution in [1.29, 1.82) is 0 Å². The first-order valence-corrected chi connectivity index (χ1v) is 6.11. The molecule has 0 spiro atoms. The zero-order valence-corrected chi connectivity index (χ0v) is 10.5. The van der Waals surface area contributed by atoms with Crippen molar-refractivity contribution in [3.05, 3.63) is 29.8 Å². The number of rotatable bonds is 3. The summed E-state index contributed by atoms with van der Waals surface area (Å²) in [7, 11) is 3.65. The summed E-state index contributed by atoms with van der Waals surface area (Å²) < 4.78 is 5.15. The Hall–Kier alpha value is -1.35. The van der Waals surface area contributed by atoms with Crippen molar-refractivity contribution in [3.63, 3.8) is 0 Å². The van der Waals surface area contributed by atoms with Crippen molar-refractivity contribution in [2.75, 3.05) is 20.7 Å². The molecule has 17 heavy (non-hydrogen) atoms. The molecule has 2 rings (SSSR count). The van der Waals surface area contributed by atoms with Crippen LogP contribution in [0.4, 0.5) is 0 Å². The molecule has 0 radical (unpaired) electrons.